The smallest absolute Gasteiger partial charge is 0.163 e. The van der Waals surface area contributed by atoms with Crippen molar-refractivity contribution in [3.05, 3.63) is 95.2 Å². The van der Waals surface area contributed by atoms with Crippen LogP contribution in [0.2, 0.25) is 0 Å². The van der Waals surface area contributed by atoms with Crippen LogP contribution in [0.25, 0.3) is 0 Å². The molecule has 1 aliphatic heterocycles. The number of Topliss-reactive ketones (excluding diaryl/α,β-unsaturated/α-hetero) is 1. The van der Waals surface area contributed by atoms with Crippen LogP contribution in [0.15, 0.2) is 84.1 Å². The first-order chi connectivity index (χ1) is 15.7. The summed E-state index contributed by atoms with van der Waals surface area (Å²) in [6.07, 6.45) is 1.23. The number of rotatable bonds is 4. The number of benzene rings is 3. The first-order valence-corrected chi connectivity index (χ1v) is 10.8. The van der Waals surface area contributed by atoms with E-state index in [4.69, 9.17) is 9.47 Å². The second kappa shape index (κ2) is 8.42. The second-order valence-corrected chi connectivity index (χ2v) is 8.18. The van der Waals surface area contributed by atoms with Gasteiger partial charge in [-0.1, -0.05) is 42.5 Å². The molecule has 5 nitrogen and oxygen atoms in total. The minimum atomic E-state index is -0.290. The third-order valence-corrected chi connectivity index (χ3v) is 6.35. The number of hydrogen-bond acceptors (Lipinski definition) is 5. The molecular formula is C27H26N2O3. The highest BCUT2D eigenvalue weighted by Crippen LogP contribution is 2.45. The summed E-state index contributed by atoms with van der Waals surface area (Å²) in [5, 5.41) is 7.19. The fourth-order valence-electron chi connectivity index (χ4n) is 4.74. The van der Waals surface area contributed by atoms with Crippen LogP contribution in [-0.4, -0.2) is 20.0 Å². The minimum Gasteiger partial charge on any atom is -0.497 e. The number of para-hydroxylation sites is 3. The number of carbonyl (C=O) groups excluding carboxylic acids is 1. The molecule has 2 N–H and O–H groups in total. The van der Waals surface area contributed by atoms with Gasteiger partial charge < -0.3 is 20.1 Å². The topological polar surface area (TPSA) is 59.6 Å². The van der Waals surface area contributed by atoms with Crippen LogP contribution in [0.3, 0.4) is 0 Å². The predicted octanol–water partition coefficient (Wildman–Crippen LogP) is 5.68. The normalized spacial score (nSPS) is 19.8. The highest BCUT2D eigenvalue weighted by Gasteiger charge is 2.36. The van der Waals surface area contributed by atoms with Crippen molar-refractivity contribution in [2.45, 2.75) is 24.8 Å². The predicted molar refractivity (Wildman–Crippen MR) is 126 cm³/mol. The summed E-state index contributed by atoms with van der Waals surface area (Å²) in [4.78, 5) is 13.6. The van der Waals surface area contributed by atoms with Gasteiger partial charge in [0.05, 0.1) is 31.6 Å². The van der Waals surface area contributed by atoms with E-state index in [1.807, 2.05) is 60.7 Å². The number of methoxy groups -OCH3 is 2. The summed E-state index contributed by atoms with van der Waals surface area (Å²) in [5.41, 5.74) is 5.79. The van der Waals surface area contributed by atoms with Gasteiger partial charge in [-0.05, 0) is 48.2 Å². The van der Waals surface area contributed by atoms with Gasteiger partial charge in [0.2, 0.25) is 0 Å². The van der Waals surface area contributed by atoms with E-state index in [9.17, 15) is 4.79 Å². The Kier molecular flexibility index (Phi) is 5.31. The summed E-state index contributed by atoms with van der Waals surface area (Å²) in [6.45, 7) is 0. The summed E-state index contributed by atoms with van der Waals surface area (Å²) >= 11 is 0. The Morgan fingerprint density at radius 3 is 2.28 bits per heavy atom. The lowest BCUT2D eigenvalue weighted by molar-refractivity contribution is -0.116. The van der Waals surface area contributed by atoms with Crippen LogP contribution < -0.4 is 20.1 Å². The Bertz CT molecular complexity index is 1180. The second-order valence-electron chi connectivity index (χ2n) is 8.18. The van der Waals surface area contributed by atoms with E-state index in [1.54, 1.807) is 14.2 Å². The van der Waals surface area contributed by atoms with E-state index in [-0.39, 0.29) is 17.7 Å². The van der Waals surface area contributed by atoms with E-state index in [2.05, 4.69) is 22.8 Å². The van der Waals surface area contributed by atoms with Crippen molar-refractivity contribution >= 4 is 17.2 Å². The molecule has 3 aromatic carbocycles. The van der Waals surface area contributed by atoms with Gasteiger partial charge >= 0.3 is 0 Å². The van der Waals surface area contributed by atoms with E-state index in [1.165, 1.54) is 0 Å². The first-order valence-electron chi connectivity index (χ1n) is 10.8. The number of anilines is 2. The summed E-state index contributed by atoms with van der Waals surface area (Å²) in [5.74, 6) is 1.85. The van der Waals surface area contributed by atoms with Gasteiger partial charge in [-0.2, -0.15) is 0 Å². The zero-order chi connectivity index (χ0) is 22.1. The quantitative estimate of drug-likeness (QED) is 0.562. The number of ketones is 1. The molecule has 32 heavy (non-hydrogen) atoms. The van der Waals surface area contributed by atoms with Gasteiger partial charge in [0.1, 0.15) is 11.5 Å². The third-order valence-electron chi connectivity index (χ3n) is 6.35. The van der Waals surface area contributed by atoms with Crippen molar-refractivity contribution in [2.75, 3.05) is 24.9 Å². The maximum absolute atomic E-state index is 13.6. The molecule has 1 aliphatic carbocycles. The summed E-state index contributed by atoms with van der Waals surface area (Å²) in [7, 11) is 3.33. The Morgan fingerprint density at radius 2 is 1.53 bits per heavy atom. The zero-order valence-corrected chi connectivity index (χ0v) is 18.2. The maximum atomic E-state index is 13.6. The van der Waals surface area contributed by atoms with Gasteiger partial charge in [-0.15, -0.1) is 0 Å². The van der Waals surface area contributed by atoms with Gasteiger partial charge in [0.15, 0.2) is 5.78 Å². The average Bonchev–Trinajstić information content (AvgIpc) is 3.01. The van der Waals surface area contributed by atoms with Crippen molar-refractivity contribution < 1.29 is 14.3 Å². The average molecular weight is 427 g/mol. The Balaban J connectivity index is 1.60. The lowest BCUT2D eigenvalue weighted by Crippen LogP contribution is -2.27. The highest BCUT2D eigenvalue weighted by molar-refractivity contribution is 6.01. The van der Waals surface area contributed by atoms with Crippen molar-refractivity contribution in [1.29, 1.82) is 0 Å². The van der Waals surface area contributed by atoms with Crippen LogP contribution in [-0.2, 0) is 4.79 Å². The van der Waals surface area contributed by atoms with Crippen LogP contribution >= 0.6 is 0 Å². The molecule has 0 amide bonds. The van der Waals surface area contributed by atoms with Crippen molar-refractivity contribution in [2.24, 2.45) is 0 Å². The Morgan fingerprint density at radius 1 is 0.812 bits per heavy atom. The number of allylic oxidation sites excluding steroid dienone is 1. The molecule has 5 heteroatoms. The van der Waals surface area contributed by atoms with Gasteiger partial charge in [-0.25, -0.2) is 0 Å². The number of ether oxygens (including phenoxy) is 2. The molecule has 3 aromatic rings. The molecule has 0 radical (unpaired) electrons. The van der Waals surface area contributed by atoms with E-state index in [0.29, 0.717) is 6.42 Å². The lowest BCUT2D eigenvalue weighted by Gasteiger charge is -2.30. The van der Waals surface area contributed by atoms with Gasteiger partial charge in [-0.3, -0.25) is 4.79 Å². The number of fused-ring (bicyclic) bond motifs is 1. The van der Waals surface area contributed by atoms with Crippen molar-refractivity contribution in [3.8, 4) is 11.5 Å². The van der Waals surface area contributed by atoms with Crippen molar-refractivity contribution in [3.63, 3.8) is 0 Å². The molecule has 0 unspecified atom stereocenters. The maximum Gasteiger partial charge on any atom is 0.163 e. The molecule has 0 spiro atoms. The molecule has 1 heterocycles. The number of hydrogen-bond donors (Lipinski definition) is 2. The van der Waals surface area contributed by atoms with Gasteiger partial charge in [0.25, 0.3) is 0 Å². The van der Waals surface area contributed by atoms with Crippen LogP contribution in [0.1, 0.15) is 35.9 Å². The molecular weight excluding hydrogens is 400 g/mol. The highest BCUT2D eigenvalue weighted by atomic mass is 16.5. The molecule has 2 atom stereocenters. The summed E-state index contributed by atoms with van der Waals surface area (Å²) in [6, 6.07) is 23.7. The summed E-state index contributed by atoms with van der Waals surface area (Å²) < 4.78 is 10.9. The van der Waals surface area contributed by atoms with Gasteiger partial charge in [0, 0.05) is 23.3 Å². The standard InChI is InChI=1S/C27H26N2O3/c1-31-19-13-11-17(12-14-19)18-15-23-26(24(30)16-18)27(20-7-3-6-10-25(20)32-2)29-22-9-5-4-8-21(22)28-23/h3-14,18,27-29H,15-16H2,1-2H3/t18-,27-/m0/s1. The number of nitrogens with one attached hydrogen (secondary N) is 2. The minimum absolute atomic E-state index is 0.114. The molecule has 0 fully saturated rings. The fourth-order valence-corrected chi connectivity index (χ4v) is 4.74. The molecule has 5 rings (SSSR count). The Hall–Kier alpha value is -3.73. The lowest BCUT2D eigenvalue weighted by atomic mass is 9.78. The monoisotopic (exact) mass is 426 g/mol. The van der Waals surface area contributed by atoms with Crippen LogP contribution in [0, 0.1) is 0 Å². The molecule has 0 saturated heterocycles. The third kappa shape index (κ3) is 3.60. The largest absolute Gasteiger partial charge is 0.497 e. The van der Waals surface area contributed by atoms with Crippen LogP contribution in [0.5, 0.6) is 11.5 Å². The SMILES string of the molecule is COc1ccc([C@@H]2CC(=O)C3=C(C2)Nc2ccccc2N[C@H]3c2ccccc2OC)cc1. The molecule has 0 aromatic heterocycles. The number of carbonyl (C=O) groups is 1. The van der Waals surface area contributed by atoms with Crippen molar-refractivity contribution in [1.82, 2.24) is 0 Å². The fraction of sp³-hybridized carbons (Fsp3) is 0.222. The first kappa shape index (κ1) is 20.2. The van der Waals surface area contributed by atoms with E-state index in [0.717, 1.165) is 51.7 Å². The molecule has 162 valence electrons. The van der Waals surface area contributed by atoms with Crippen LogP contribution in [0.4, 0.5) is 11.4 Å². The molecule has 2 aliphatic rings. The zero-order valence-electron chi connectivity index (χ0n) is 18.2. The van der Waals surface area contributed by atoms with E-state index < -0.39 is 0 Å². The molecule has 0 saturated carbocycles. The molecule has 0 bridgehead atoms. The Labute approximate surface area is 188 Å². The van der Waals surface area contributed by atoms with E-state index >= 15 is 0 Å².